The molecule has 1 aromatic heterocycles. The van der Waals surface area contributed by atoms with Crippen molar-refractivity contribution in [3.05, 3.63) is 36.7 Å². The van der Waals surface area contributed by atoms with Gasteiger partial charge in [0.15, 0.2) is 0 Å². The molecule has 0 amide bonds. The van der Waals surface area contributed by atoms with Crippen LogP contribution in [0.4, 0.5) is 0 Å². The highest BCUT2D eigenvalue weighted by molar-refractivity contribution is 6.17. The van der Waals surface area contributed by atoms with Crippen molar-refractivity contribution < 1.29 is 4.74 Å². The molecule has 4 heteroatoms. The fourth-order valence-corrected chi connectivity index (χ4v) is 1.56. The van der Waals surface area contributed by atoms with E-state index in [1.165, 1.54) is 0 Å². The van der Waals surface area contributed by atoms with Gasteiger partial charge in [-0.3, -0.25) is 4.98 Å². The van der Waals surface area contributed by atoms with Crippen molar-refractivity contribution in [2.24, 2.45) is 0 Å². The normalized spacial score (nSPS) is 9.81. The number of ether oxygens (including phenoxy) is 1. The predicted octanol–water partition coefficient (Wildman–Crippen LogP) is 3.66. The SMILES string of the molecule is Cl.ClCCCOc1cccc2cnccc12. The molecular formula is C12H13Cl2NO. The zero-order valence-electron chi connectivity index (χ0n) is 8.73. The number of nitrogens with zero attached hydrogens (tertiary/aromatic N) is 1. The molecule has 2 nitrogen and oxygen atoms in total. The van der Waals surface area contributed by atoms with E-state index in [0.717, 1.165) is 22.9 Å². The van der Waals surface area contributed by atoms with Crippen LogP contribution in [0.3, 0.4) is 0 Å². The smallest absolute Gasteiger partial charge is 0.127 e. The minimum atomic E-state index is 0. The van der Waals surface area contributed by atoms with Gasteiger partial charge in [-0.1, -0.05) is 12.1 Å². The van der Waals surface area contributed by atoms with Crippen molar-refractivity contribution >= 4 is 34.8 Å². The quantitative estimate of drug-likeness (QED) is 0.616. The van der Waals surface area contributed by atoms with Gasteiger partial charge in [-0.2, -0.15) is 0 Å². The molecule has 2 rings (SSSR count). The zero-order chi connectivity index (χ0) is 10.5. The summed E-state index contributed by atoms with van der Waals surface area (Å²) in [7, 11) is 0. The maximum atomic E-state index is 5.65. The predicted molar refractivity (Wildman–Crippen MR) is 69.8 cm³/mol. The van der Waals surface area contributed by atoms with E-state index in [-0.39, 0.29) is 12.4 Å². The molecule has 0 aliphatic heterocycles. The average Bonchev–Trinajstić information content (AvgIpc) is 2.30. The molecule has 16 heavy (non-hydrogen) atoms. The van der Waals surface area contributed by atoms with Crippen LogP contribution in [-0.4, -0.2) is 17.5 Å². The average molecular weight is 258 g/mol. The highest BCUT2D eigenvalue weighted by atomic mass is 35.5. The van der Waals surface area contributed by atoms with Gasteiger partial charge in [0.1, 0.15) is 5.75 Å². The number of halogens is 2. The van der Waals surface area contributed by atoms with Crippen LogP contribution < -0.4 is 4.74 Å². The third kappa shape index (κ3) is 3.00. The van der Waals surface area contributed by atoms with E-state index in [0.29, 0.717) is 12.5 Å². The topological polar surface area (TPSA) is 22.1 Å². The molecule has 0 saturated carbocycles. The van der Waals surface area contributed by atoms with Gasteiger partial charge in [0.2, 0.25) is 0 Å². The zero-order valence-corrected chi connectivity index (χ0v) is 10.3. The summed E-state index contributed by atoms with van der Waals surface area (Å²) >= 11 is 5.60. The first-order valence-corrected chi connectivity index (χ1v) is 5.47. The lowest BCUT2D eigenvalue weighted by molar-refractivity contribution is 0.322. The van der Waals surface area contributed by atoms with Crippen LogP contribution in [0.15, 0.2) is 36.7 Å². The summed E-state index contributed by atoms with van der Waals surface area (Å²) in [5.41, 5.74) is 0. The minimum absolute atomic E-state index is 0. The standard InChI is InChI=1S/C12H12ClNO.ClH/c13-6-2-8-15-12-4-1-3-10-9-14-7-5-11(10)12;/h1,3-5,7,9H,2,6,8H2;1H. The lowest BCUT2D eigenvalue weighted by atomic mass is 10.1. The number of fused-ring (bicyclic) bond motifs is 1. The van der Waals surface area contributed by atoms with Gasteiger partial charge < -0.3 is 4.74 Å². The summed E-state index contributed by atoms with van der Waals surface area (Å²) in [6.45, 7) is 0.658. The van der Waals surface area contributed by atoms with Crippen molar-refractivity contribution in [3.8, 4) is 5.75 Å². The number of hydrogen-bond donors (Lipinski definition) is 0. The minimum Gasteiger partial charge on any atom is -0.493 e. The van der Waals surface area contributed by atoms with Crippen molar-refractivity contribution in [1.29, 1.82) is 0 Å². The van der Waals surface area contributed by atoms with Gasteiger partial charge in [0.05, 0.1) is 6.61 Å². The van der Waals surface area contributed by atoms with E-state index in [4.69, 9.17) is 16.3 Å². The second kappa shape index (κ2) is 6.56. The number of aromatic nitrogens is 1. The summed E-state index contributed by atoms with van der Waals surface area (Å²) in [5, 5.41) is 2.20. The van der Waals surface area contributed by atoms with Crippen LogP contribution in [0.25, 0.3) is 10.8 Å². The fraction of sp³-hybridized carbons (Fsp3) is 0.250. The molecule has 0 bridgehead atoms. The Balaban J connectivity index is 0.00000128. The van der Waals surface area contributed by atoms with E-state index in [1.54, 1.807) is 6.20 Å². The van der Waals surface area contributed by atoms with Crippen LogP contribution in [0, 0.1) is 0 Å². The molecule has 0 N–H and O–H groups in total. The summed E-state index contributed by atoms with van der Waals surface area (Å²) in [5.74, 6) is 1.53. The van der Waals surface area contributed by atoms with Gasteiger partial charge in [-0.05, 0) is 18.6 Å². The number of hydrogen-bond acceptors (Lipinski definition) is 2. The van der Waals surface area contributed by atoms with Gasteiger partial charge in [-0.15, -0.1) is 24.0 Å². The van der Waals surface area contributed by atoms with Crippen molar-refractivity contribution in [2.45, 2.75) is 6.42 Å². The van der Waals surface area contributed by atoms with E-state index in [9.17, 15) is 0 Å². The molecule has 0 spiro atoms. The van der Waals surface area contributed by atoms with E-state index in [1.807, 2.05) is 30.5 Å². The molecular weight excluding hydrogens is 245 g/mol. The molecule has 1 heterocycles. The Labute approximate surface area is 106 Å². The van der Waals surface area contributed by atoms with Crippen LogP contribution >= 0.6 is 24.0 Å². The third-order valence-corrected chi connectivity index (χ3v) is 2.44. The van der Waals surface area contributed by atoms with Gasteiger partial charge in [0, 0.05) is 29.0 Å². The maximum Gasteiger partial charge on any atom is 0.127 e. The van der Waals surface area contributed by atoms with Gasteiger partial charge in [0.25, 0.3) is 0 Å². The second-order valence-electron chi connectivity index (χ2n) is 3.24. The van der Waals surface area contributed by atoms with Crippen LogP contribution in [0.1, 0.15) is 6.42 Å². The third-order valence-electron chi connectivity index (χ3n) is 2.18. The Morgan fingerprint density at radius 2 is 2.12 bits per heavy atom. The summed E-state index contributed by atoms with van der Waals surface area (Å²) < 4.78 is 5.65. The Bertz CT molecular complexity index is 442. The molecule has 1 aromatic carbocycles. The largest absolute Gasteiger partial charge is 0.493 e. The highest BCUT2D eigenvalue weighted by Crippen LogP contribution is 2.24. The summed E-state index contributed by atoms with van der Waals surface area (Å²) in [6.07, 6.45) is 4.48. The first-order valence-electron chi connectivity index (χ1n) is 4.93. The van der Waals surface area contributed by atoms with Crippen molar-refractivity contribution in [1.82, 2.24) is 4.98 Å². The first kappa shape index (κ1) is 13.1. The lowest BCUT2D eigenvalue weighted by Gasteiger charge is -2.07. The summed E-state index contributed by atoms with van der Waals surface area (Å²) in [4.78, 5) is 4.07. The number of benzene rings is 1. The maximum absolute atomic E-state index is 5.65. The van der Waals surface area contributed by atoms with E-state index >= 15 is 0 Å². The molecule has 0 aliphatic carbocycles. The monoisotopic (exact) mass is 257 g/mol. The Morgan fingerprint density at radius 3 is 2.94 bits per heavy atom. The van der Waals surface area contributed by atoms with Crippen molar-refractivity contribution in [3.63, 3.8) is 0 Å². The van der Waals surface area contributed by atoms with E-state index in [2.05, 4.69) is 4.98 Å². The van der Waals surface area contributed by atoms with E-state index < -0.39 is 0 Å². The molecule has 0 saturated heterocycles. The van der Waals surface area contributed by atoms with Crippen LogP contribution in [0.2, 0.25) is 0 Å². The number of pyridine rings is 1. The molecule has 0 atom stereocenters. The lowest BCUT2D eigenvalue weighted by Crippen LogP contribution is -1.98. The number of alkyl halides is 1. The van der Waals surface area contributed by atoms with Crippen LogP contribution in [-0.2, 0) is 0 Å². The Morgan fingerprint density at radius 1 is 1.25 bits per heavy atom. The second-order valence-corrected chi connectivity index (χ2v) is 3.62. The molecule has 0 fully saturated rings. The van der Waals surface area contributed by atoms with Gasteiger partial charge >= 0.3 is 0 Å². The highest BCUT2D eigenvalue weighted by Gasteiger charge is 2.00. The van der Waals surface area contributed by atoms with Crippen molar-refractivity contribution in [2.75, 3.05) is 12.5 Å². The van der Waals surface area contributed by atoms with Crippen LogP contribution in [0.5, 0.6) is 5.75 Å². The molecule has 86 valence electrons. The Hall–Kier alpha value is -0.990. The molecule has 2 aromatic rings. The first-order chi connectivity index (χ1) is 7.42. The molecule has 0 radical (unpaired) electrons. The Kier molecular flexibility index (Phi) is 5.36. The summed E-state index contributed by atoms with van der Waals surface area (Å²) in [6, 6.07) is 7.93. The fourth-order valence-electron chi connectivity index (χ4n) is 1.46. The number of rotatable bonds is 4. The molecule has 0 unspecified atom stereocenters. The molecule has 0 aliphatic rings. The van der Waals surface area contributed by atoms with Gasteiger partial charge in [-0.25, -0.2) is 0 Å².